The summed E-state index contributed by atoms with van der Waals surface area (Å²) in [5.74, 6) is 0.472. The molecule has 0 saturated heterocycles. The largest absolute Gasteiger partial charge is 0.378 e. The average molecular weight is 225 g/mol. The summed E-state index contributed by atoms with van der Waals surface area (Å²) in [6, 6.07) is 2.89. The number of rotatable bonds is 6. The van der Waals surface area contributed by atoms with E-state index in [2.05, 4.69) is 15.6 Å². The fourth-order valence-electron chi connectivity index (χ4n) is 1.18. The van der Waals surface area contributed by atoms with Crippen molar-refractivity contribution in [2.45, 2.75) is 6.92 Å². The van der Waals surface area contributed by atoms with Crippen LogP contribution in [-0.4, -0.2) is 29.5 Å². The van der Waals surface area contributed by atoms with Gasteiger partial charge in [-0.2, -0.15) is 0 Å². The van der Waals surface area contributed by atoms with Gasteiger partial charge in [0.25, 0.3) is 0 Å². The van der Waals surface area contributed by atoms with E-state index in [1.807, 2.05) is 6.92 Å². The summed E-state index contributed by atoms with van der Waals surface area (Å²) in [6.45, 7) is 4.41. The summed E-state index contributed by atoms with van der Waals surface area (Å²) in [5.41, 5.74) is 5.28. The Bertz CT molecular complexity index is 369. The first kappa shape index (κ1) is 12.2. The van der Waals surface area contributed by atoms with Gasteiger partial charge in [0.1, 0.15) is 5.82 Å². The molecule has 1 aromatic rings. The first-order valence-corrected chi connectivity index (χ1v) is 5.00. The highest BCUT2D eigenvalue weighted by Gasteiger charge is 2.12. The number of nitrogens with zero attached hydrogens (tertiary/aromatic N) is 2. The average Bonchev–Trinajstić information content (AvgIpc) is 2.24. The Morgan fingerprint density at radius 3 is 2.81 bits per heavy atom. The van der Waals surface area contributed by atoms with E-state index < -0.39 is 4.92 Å². The van der Waals surface area contributed by atoms with Crippen molar-refractivity contribution in [3.63, 3.8) is 0 Å². The van der Waals surface area contributed by atoms with E-state index >= 15 is 0 Å². The molecule has 16 heavy (non-hydrogen) atoms. The quantitative estimate of drug-likeness (QED) is 0.372. The highest BCUT2D eigenvalue weighted by molar-refractivity contribution is 5.57. The number of nitrogen functional groups attached to an aromatic ring is 1. The van der Waals surface area contributed by atoms with Crippen molar-refractivity contribution in [2.24, 2.45) is 0 Å². The third-order valence-corrected chi connectivity index (χ3v) is 1.96. The van der Waals surface area contributed by atoms with Gasteiger partial charge in [-0.15, -0.1) is 0 Å². The number of nitro groups is 1. The molecule has 0 aromatic carbocycles. The third kappa shape index (κ3) is 3.35. The second-order valence-electron chi connectivity index (χ2n) is 3.14. The number of hydrogen-bond acceptors (Lipinski definition) is 6. The Kier molecular flexibility index (Phi) is 4.46. The van der Waals surface area contributed by atoms with Crippen LogP contribution in [0.2, 0.25) is 0 Å². The normalized spacial score (nSPS) is 10.1. The second-order valence-corrected chi connectivity index (χ2v) is 3.14. The maximum Gasteiger partial charge on any atom is 0.311 e. The van der Waals surface area contributed by atoms with E-state index in [0.29, 0.717) is 12.4 Å². The van der Waals surface area contributed by atoms with Gasteiger partial charge in [0.15, 0.2) is 0 Å². The maximum absolute atomic E-state index is 10.5. The summed E-state index contributed by atoms with van der Waals surface area (Å²) < 4.78 is 0. The summed E-state index contributed by atoms with van der Waals surface area (Å²) in [5, 5.41) is 16.6. The lowest BCUT2D eigenvalue weighted by atomic mass is 10.4. The number of nitrogens with two attached hydrogens (primary N) is 1. The van der Waals surface area contributed by atoms with E-state index in [-0.39, 0.29) is 11.5 Å². The topological polar surface area (TPSA) is 106 Å². The summed E-state index contributed by atoms with van der Waals surface area (Å²) in [7, 11) is 0. The van der Waals surface area contributed by atoms with Crippen molar-refractivity contribution in [1.29, 1.82) is 0 Å². The SMILES string of the molecule is CCNCCNc1ccc([N+](=O)[O-])c(N)n1. The zero-order valence-corrected chi connectivity index (χ0v) is 9.06. The molecule has 0 spiro atoms. The molecule has 0 aliphatic carbocycles. The van der Waals surface area contributed by atoms with E-state index in [0.717, 1.165) is 13.1 Å². The van der Waals surface area contributed by atoms with Crippen molar-refractivity contribution in [1.82, 2.24) is 10.3 Å². The minimum atomic E-state index is -0.551. The summed E-state index contributed by atoms with van der Waals surface area (Å²) >= 11 is 0. The zero-order valence-electron chi connectivity index (χ0n) is 9.06. The molecule has 1 aromatic heterocycles. The van der Waals surface area contributed by atoms with Crippen LogP contribution in [0.1, 0.15) is 6.92 Å². The van der Waals surface area contributed by atoms with Crippen LogP contribution in [0.3, 0.4) is 0 Å². The number of pyridine rings is 1. The fourth-order valence-corrected chi connectivity index (χ4v) is 1.18. The molecule has 0 bridgehead atoms. The highest BCUT2D eigenvalue weighted by Crippen LogP contribution is 2.20. The minimum absolute atomic E-state index is 0.0709. The van der Waals surface area contributed by atoms with Crippen LogP contribution in [0.15, 0.2) is 12.1 Å². The van der Waals surface area contributed by atoms with Gasteiger partial charge in [-0.25, -0.2) is 4.98 Å². The van der Waals surface area contributed by atoms with Crippen LogP contribution in [0.5, 0.6) is 0 Å². The Labute approximate surface area is 93.2 Å². The second kappa shape index (κ2) is 5.86. The van der Waals surface area contributed by atoms with Crippen molar-refractivity contribution in [3.8, 4) is 0 Å². The molecule has 0 amide bonds. The van der Waals surface area contributed by atoms with Crippen LogP contribution >= 0.6 is 0 Å². The number of aromatic nitrogens is 1. The number of likely N-dealkylation sites (N-methyl/N-ethyl adjacent to an activating group) is 1. The smallest absolute Gasteiger partial charge is 0.311 e. The van der Waals surface area contributed by atoms with Crippen molar-refractivity contribution in [3.05, 3.63) is 22.2 Å². The van der Waals surface area contributed by atoms with Gasteiger partial charge < -0.3 is 16.4 Å². The molecule has 0 atom stereocenters. The van der Waals surface area contributed by atoms with Gasteiger partial charge in [0.2, 0.25) is 5.82 Å². The highest BCUT2D eigenvalue weighted by atomic mass is 16.6. The number of anilines is 2. The Morgan fingerprint density at radius 1 is 1.50 bits per heavy atom. The summed E-state index contributed by atoms with van der Waals surface area (Å²) in [6.07, 6.45) is 0. The van der Waals surface area contributed by atoms with E-state index in [9.17, 15) is 10.1 Å². The van der Waals surface area contributed by atoms with Crippen molar-refractivity contribution >= 4 is 17.3 Å². The minimum Gasteiger partial charge on any atom is -0.378 e. The van der Waals surface area contributed by atoms with Crippen molar-refractivity contribution in [2.75, 3.05) is 30.7 Å². The van der Waals surface area contributed by atoms with Crippen LogP contribution in [0, 0.1) is 10.1 Å². The maximum atomic E-state index is 10.5. The van der Waals surface area contributed by atoms with Gasteiger partial charge in [0, 0.05) is 19.2 Å². The lowest BCUT2D eigenvalue weighted by Gasteiger charge is -2.06. The van der Waals surface area contributed by atoms with Gasteiger partial charge >= 0.3 is 5.69 Å². The van der Waals surface area contributed by atoms with E-state index in [4.69, 9.17) is 5.73 Å². The van der Waals surface area contributed by atoms with Gasteiger partial charge in [-0.3, -0.25) is 10.1 Å². The molecule has 0 radical (unpaired) electrons. The molecule has 7 nitrogen and oxygen atoms in total. The lowest BCUT2D eigenvalue weighted by molar-refractivity contribution is -0.384. The predicted molar refractivity (Wildman–Crippen MR) is 62.3 cm³/mol. The molecular weight excluding hydrogens is 210 g/mol. The molecule has 0 aliphatic heterocycles. The first-order valence-electron chi connectivity index (χ1n) is 5.00. The zero-order chi connectivity index (χ0) is 12.0. The van der Waals surface area contributed by atoms with Gasteiger partial charge in [-0.05, 0) is 12.6 Å². The summed E-state index contributed by atoms with van der Waals surface area (Å²) in [4.78, 5) is 13.8. The van der Waals surface area contributed by atoms with Crippen LogP contribution in [0.25, 0.3) is 0 Å². The Balaban J connectivity index is 2.56. The molecule has 1 heterocycles. The molecule has 0 aliphatic rings. The molecule has 7 heteroatoms. The monoisotopic (exact) mass is 225 g/mol. The molecule has 0 fully saturated rings. The predicted octanol–water partition coefficient (Wildman–Crippen LogP) is 0.593. The number of hydrogen-bond donors (Lipinski definition) is 3. The third-order valence-electron chi connectivity index (χ3n) is 1.96. The number of nitrogens with one attached hydrogen (secondary N) is 2. The first-order chi connectivity index (χ1) is 7.65. The standard InChI is InChI=1S/C9H15N5O2/c1-2-11-5-6-12-8-4-3-7(14(15)16)9(10)13-8/h3-4,11H,2,5-6H2,1H3,(H3,10,12,13). The van der Waals surface area contributed by atoms with E-state index in [1.54, 1.807) is 6.07 Å². The van der Waals surface area contributed by atoms with E-state index in [1.165, 1.54) is 6.07 Å². The van der Waals surface area contributed by atoms with Gasteiger partial charge in [0.05, 0.1) is 4.92 Å². The van der Waals surface area contributed by atoms with Gasteiger partial charge in [-0.1, -0.05) is 6.92 Å². The Hall–Kier alpha value is -1.89. The molecule has 0 saturated carbocycles. The van der Waals surface area contributed by atoms with Crippen LogP contribution < -0.4 is 16.4 Å². The van der Waals surface area contributed by atoms with Crippen LogP contribution in [0.4, 0.5) is 17.3 Å². The molecule has 4 N–H and O–H groups in total. The molecular formula is C9H15N5O2. The Morgan fingerprint density at radius 2 is 2.25 bits per heavy atom. The molecule has 88 valence electrons. The van der Waals surface area contributed by atoms with Crippen LogP contribution in [-0.2, 0) is 0 Å². The molecule has 1 rings (SSSR count). The van der Waals surface area contributed by atoms with Crippen molar-refractivity contribution < 1.29 is 4.92 Å². The molecule has 0 unspecified atom stereocenters. The fraction of sp³-hybridized carbons (Fsp3) is 0.444. The lowest BCUT2D eigenvalue weighted by Crippen LogP contribution is -2.22.